The molecule has 5 heteroatoms. The summed E-state index contributed by atoms with van der Waals surface area (Å²) in [4.78, 5) is 28.7. The first kappa shape index (κ1) is 17.4. The van der Waals surface area contributed by atoms with Crippen molar-refractivity contribution in [2.45, 2.75) is 51.0 Å². The van der Waals surface area contributed by atoms with Gasteiger partial charge in [-0.2, -0.15) is 0 Å². The van der Waals surface area contributed by atoms with Crippen molar-refractivity contribution < 1.29 is 14.3 Å². The first-order valence-electron chi connectivity index (χ1n) is 10.0. The maximum absolute atomic E-state index is 12.4. The van der Waals surface area contributed by atoms with Crippen molar-refractivity contribution in [1.29, 1.82) is 0 Å². The molecule has 2 heterocycles. The zero-order valence-corrected chi connectivity index (χ0v) is 15.4. The lowest BCUT2D eigenvalue weighted by Gasteiger charge is -2.25. The Kier molecular flexibility index (Phi) is 5.14. The molecule has 0 aromatic heterocycles. The average Bonchev–Trinajstić information content (AvgIpc) is 3.15. The van der Waals surface area contributed by atoms with Crippen molar-refractivity contribution in [2.75, 3.05) is 26.2 Å². The van der Waals surface area contributed by atoms with Crippen LogP contribution in [0.5, 0.6) is 5.75 Å². The number of benzene rings is 1. The largest absolute Gasteiger partial charge is 0.491 e. The lowest BCUT2D eigenvalue weighted by Crippen LogP contribution is -2.39. The van der Waals surface area contributed by atoms with Crippen molar-refractivity contribution in [3.8, 4) is 5.75 Å². The smallest absolute Gasteiger partial charge is 0.253 e. The van der Waals surface area contributed by atoms with Gasteiger partial charge in [0.15, 0.2) is 0 Å². The highest BCUT2D eigenvalue weighted by Crippen LogP contribution is 2.34. The molecule has 1 aliphatic carbocycles. The Balaban J connectivity index is 1.29. The predicted octanol–water partition coefficient (Wildman–Crippen LogP) is 3.09. The zero-order valence-electron chi connectivity index (χ0n) is 15.4. The lowest BCUT2D eigenvalue weighted by atomic mass is 10.2. The Labute approximate surface area is 155 Å². The normalized spacial score (nSPS) is 22.7. The van der Waals surface area contributed by atoms with Crippen LogP contribution in [0.25, 0.3) is 0 Å². The molecule has 3 aliphatic rings. The number of ether oxygens (including phenoxy) is 1. The van der Waals surface area contributed by atoms with Gasteiger partial charge in [-0.15, -0.1) is 0 Å². The SMILES string of the molecule is O=C(c1ccc(OCC2CCCN2C(=O)CC2CC2)cc1)N1CCCC1. The fraction of sp³-hybridized carbons (Fsp3) is 0.619. The zero-order chi connectivity index (χ0) is 17.9. The fourth-order valence-corrected chi connectivity index (χ4v) is 4.01. The Morgan fingerprint density at radius 2 is 1.69 bits per heavy atom. The summed E-state index contributed by atoms with van der Waals surface area (Å²) >= 11 is 0. The van der Waals surface area contributed by atoms with Crippen LogP contribution in [0.3, 0.4) is 0 Å². The van der Waals surface area contributed by atoms with Crippen LogP contribution < -0.4 is 4.74 Å². The Morgan fingerprint density at radius 1 is 0.962 bits per heavy atom. The molecule has 1 saturated carbocycles. The summed E-state index contributed by atoms with van der Waals surface area (Å²) in [6, 6.07) is 7.62. The van der Waals surface area contributed by atoms with Crippen molar-refractivity contribution in [1.82, 2.24) is 9.80 Å². The maximum atomic E-state index is 12.4. The Hall–Kier alpha value is -2.04. The molecule has 0 radical (unpaired) electrons. The first-order chi connectivity index (χ1) is 12.7. The molecular weight excluding hydrogens is 328 g/mol. The molecule has 0 bridgehead atoms. The summed E-state index contributed by atoms with van der Waals surface area (Å²) in [6.45, 7) is 3.13. The second kappa shape index (κ2) is 7.68. The topological polar surface area (TPSA) is 49.9 Å². The van der Waals surface area contributed by atoms with E-state index in [0.717, 1.165) is 56.6 Å². The van der Waals surface area contributed by atoms with Crippen molar-refractivity contribution in [2.24, 2.45) is 5.92 Å². The molecular formula is C21H28N2O3. The molecule has 2 amide bonds. The molecule has 1 aromatic carbocycles. The van der Waals surface area contributed by atoms with E-state index >= 15 is 0 Å². The minimum absolute atomic E-state index is 0.113. The predicted molar refractivity (Wildman–Crippen MR) is 99.2 cm³/mol. The van der Waals surface area contributed by atoms with E-state index in [1.165, 1.54) is 12.8 Å². The van der Waals surface area contributed by atoms with E-state index in [-0.39, 0.29) is 11.9 Å². The standard InChI is InChI=1S/C21H28N2O3/c24-20(14-16-5-6-16)23-13-3-4-18(23)15-26-19-9-7-17(8-10-19)21(25)22-11-1-2-12-22/h7-10,16,18H,1-6,11-15H2. The summed E-state index contributed by atoms with van der Waals surface area (Å²) in [5.41, 5.74) is 0.723. The number of carbonyl (C=O) groups excluding carboxylic acids is 2. The quantitative estimate of drug-likeness (QED) is 0.787. The minimum Gasteiger partial charge on any atom is -0.491 e. The van der Waals surface area contributed by atoms with Crippen LogP contribution in [0.4, 0.5) is 0 Å². The van der Waals surface area contributed by atoms with Gasteiger partial charge in [-0.25, -0.2) is 0 Å². The van der Waals surface area contributed by atoms with Crippen molar-refractivity contribution in [3.63, 3.8) is 0 Å². The number of nitrogens with zero attached hydrogens (tertiary/aromatic N) is 2. The third-order valence-electron chi connectivity index (χ3n) is 5.79. The molecule has 3 fully saturated rings. The molecule has 4 rings (SSSR count). The first-order valence-corrected chi connectivity index (χ1v) is 10.0. The van der Waals surface area contributed by atoms with Gasteiger partial charge < -0.3 is 14.5 Å². The third-order valence-corrected chi connectivity index (χ3v) is 5.79. The van der Waals surface area contributed by atoms with Crippen LogP contribution in [-0.2, 0) is 4.79 Å². The Bertz CT molecular complexity index is 648. The lowest BCUT2D eigenvalue weighted by molar-refractivity contribution is -0.132. The van der Waals surface area contributed by atoms with Crippen LogP contribution in [0.15, 0.2) is 24.3 Å². The van der Waals surface area contributed by atoms with Crippen LogP contribution in [0.2, 0.25) is 0 Å². The molecule has 5 nitrogen and oxygen atoms in total. The van der Waals surface area contributed by atoms with Crippen LogP contribution in [0.1, 0.15) is 55.3 Å². The highest BCUT2D eigenvalue weighted by molar-refractivity contribution is 5.94. The van der Waals surface area contributed by atoms with Gasteiger partial charge in [0, 0.05) is 31.6 Å². The van der Waals surface area contributed by atoms with Gasteiger partial charge >= 0.3 is 0 Å². The summed E-state index contributed by atoms with van der Waals surface area (Å²) in [5.74, 6) is 1.81. The van der Waals surface area contributed by atoms with Gasteiger partial charge in [0.05, 0.1) is 6.04 Å². The summed E-state index contributed by atoms with van der Waals surface area (Å²) in [6.07, 6.45) is 7.42. The average molecular weight is 356 g/mol. The molecule has 1 unspecified atom stereocenters. The van der Waals surface area contributed by atoms with Crippen LogP contribution in [0, 0.1) is 5.92 Å². The number of hydrogen-bond acceptors (Lipinski definition) is 3. The van der Waals surface area contributed by atoms with Gasteiger partial charge in [0.25, 0.3) is 5.91 Å². The Morgan fingerprint density at radius 3 is 2.38 bits per heavy atom. The van der Waals surface area contributed by atoms with E-state index in [0.29, 0.717) is 24.9 Å². The molecule has 2 aliphatic heterocycles. The third kappa shape index (κ3) is 4.02. The van der Waals surface area contributed by atoms with E-state index in [1.54, 1.807) is 0 Å². The van der Waals surface area contributed by atoms with Crippen molar-refractivity contribution >= 4 is 11.8 Å². The number of hydrogen-bond donors (Lipinski definition) is 0. The van der Waals surface area contributed by atoms with Crippen molar-refractivity contribution in [3.05, 3.63) is 29.8 Å². The van der Waals surface area contributed by atoms with Crippen LogP contribution >= 0.6 is 0 Å². The molecule has 1 aromatic rings. The van der Waals surface area contributed by atoms with E-state index in [4.69, 9.17) is 4.74 Å². The van der Waals surface area contributed by atoms with E-state index in [1.807, 2.05) is 34.1 Å². The minimum atomic E-state index is 0.113. The molecule has 2 saturated heterocycles. The van der Waals surface area contributed by atoms with E-state index in [9.17, 15) is 9.59 Å². The highest BCUT2D eigenvalue weighted by Gasteiger charge is 2.33. The van der Waals surface area contributed by atoms with E-state index < -0.39 is 0 Å². The molecule has 0 N–H and O–H groups in total. The van der Waals surface area contributed by atoms with E-state index in [2.05, 4.69) is 0 Å². The number of likely N-dealkylation sites (tertiary alicyclic amines) is 2. The van der Waals surface area contributed by atoms with Gasteiger partial charge in [-0.1, -0.05) is 0 Å². The second-order valence-corrected chi connectivity index (χ2v) is 7.87. The monoisotopic (exact) mass is 356 g/mol. The summed E-state index contributed by atoms with van der Waals surface area (Å²) in [5, 5.41) is 0. The molecule has 26 heavy (non-hydrogen) atoms. The summed E-state index contributed by atoms with van der Waals surface area (Å²) < 4.78 is 5.93. The second-order valence-electron chi connectivity index (χ2n) is 7.87. The van der Waals surface area contributed by atoms with Crippen LogP contribution in [-0.4, -0.2) is 53.9 Å². The number of rotatable bonds is 6. The number of carbonyl (C=O) groups is 2. The molecule has 1 atom stereocenters. The van der Waals surface area contributed by atoms with Gasteiger partial charge in [-0.05, 0) is 68.7 Å². The van der Waals surface area contributed by atoms with Gasteiger partial charge in [0.1, 0.15) is 12.4 Å². The highest BCUT2D eigenvalue weighted by atomic mass is 16.5. The molecule has 140 valence electrons. The van der Waals surface area contributed by atoms with Gasteiger partial charge in [-0.3, -0.25) is 9.59 Å². The van der Waals surface area contributed by atoms with Gasteiger partial charge in [0.2, 0.25) is 5.91 Å². The maximum Gasteiger partial charge on any atom is 0.253 e. The summed E-state index contributed by atoms with van der Waals surface area (Å²) in [7, 11) is 0. The number of amides is 2. The fourth-order valence-electron chi connectivity index (χ4n) is 4.01. The molecule has 0 spiro atoms.